The van der Waals surface area contributed by atoms with E-state index in [-0.39, 0.29) is 0 Å². The Labute approximate surface area is 166 Å². The minimum Gasteiger partial charge on any atom is -0.355 e. The second-order valence-corrected chi connectivity index (χ2v) is 8.24. The number of rotatable bonds is 2. The van der Waals surface area contributed by atoms with Crippen molar-refractivity contribution in [3.05, 3.63) is 97.1 Å². The maximum absolute atomic E-state index is 3.59. The van der Waals surface area contributed by atoms with Gasteiger partial charge in [0.15, 0.2) is 0 Å². The number of hydrogen-bond donors (Lipinski definition) is 1. The largest absolute Gasteiger partial charge is 0.355 e. The molecule has 0 atom stereocenters. The average molecular weight is 375 g/mol. The zero-order chi connectivity index (χ0) is 18.5. The molecule has 0 saturated carbocycles. The van der Waals surface area contributed by atoms with E-state index in [0.29, 0.717) is 0 Å². The zero-order valence-corrected chi connectivity index (χ0v) is 16.0. The standard InChI is InChI=1S/C26H17NS/c1-2-6-21-17(5-1)9-10-18-15-19(11-13-22(18)21)27-20-12-14-24-23-7-3-4-8-25(23)28-26(24)16-20/h1-16,27H. The average Bonchev–Trinajstić information content (AvgIpc) is 3.11. The second kappa shape index (κ2) is 6.08. The predicted octanol–water partition coefficient (Wildman–Crippen LogP) is 8.10. The van der Waals surface area contributed by atoms with E-state index in [4.69, 9.17) is 0 Å². The van der Waals surface area contributed by atoms with Crippen LogP contribution in [0, 0.1) is 0 Å². The topological polar surface area (TPSA) is 12.0 Å². The third-order valence-electron chi connectivity index (χ3n) is 5.41. The van der Waals surface area contributed by atoms with Crippen LogP contribution in [0.1, 0.15) is 0 Å². The third kappa shape index (κ3) is 2.46. The van der Waals surface area contributed by atoms with Gasteiger partial charge in [-0.3, -0.25) is 0 Å². The van der Waals surface area contributed by atoms with Gasteiger partial charge >= 0.3 is 0 Å². The zero-order valence-electron chi connectivity index (χ0n) is 15.1. The molecule has 1 nitrogen and oxygen atoms in total. The lowest BCUT2D eigenvalue weighted by Crippen LogP contribution is -1.90. The number of fused-ring (bicyclic) bond motifs is 6. The Balaban J connectivity index is 1.42. The normalized spacial score (nSPS) is 11.6. The molecule has 5 aromatic carbocycles. The van der Waals surface area contributed by atoms with Gasteiger partial charge in [-0.25, -0.2) is 0 Å². The molecule has 132 valence electrons. The van der Waals surface area contributed by atoms with Crippen LogP contribution in [0.5, 0.6) is 0 Å². The van der Waals surface area contributed by atoms with Gasteiger partial charge in [-0.2, -0.15) is 0 Å². The van der Waals surface area contributed by atoms with Crippen LogP contribution in [0.15, 0.2) is 97.1 Å². The summed E-state index contributed by atoms with van der Waals surface area (Å²) in [4.78, 5) is 0. The first-order valence-corrected chi connectivity index (χ1v) is 10.3. The number of anilines is 2. The van der Waals surface area contributed by atoms with Crippen molar-refractivity contribution in [3.63, 3.8) is 0 Å². The van der Waals surface area contributed by atoms with Gasteiger partial charge in [0.2, 0.25) is 0 Å². The Bertz CT molecular complexity index is 1490. The molecule has 1 aromatic heterocycles. The van der Waals surface area contributed by atoms with E-state index in [1.165, 1.54) is 41.7 Å². The van der Waals surface area contributed by atoms with Gasteiger partial charge in [-0.05, 0) is 51.9 Å². The van der Waals surface area contributed by atoms with E-state index < -0.39 is 0 Å². The van der Waals surface area contributed by atoms with Crippen LogP contribution in [0.4, 0.5) is 11.4 Å². The summed E-state index contributed by atoms with van der Waals surface area (Å²) in [5.41, 5.74) is 2.24. The Hall–Kier alpha value is -3.36. The maximum atomic E-state index is 3.59. The van der Waals surface area contributed by atoms with E-state index in [1.54, 1.807) is 0 Å². The Kier molecular flexibility index (Phi) is 3.40. The van der Waals surface area contributed by atoms with E-state index >= 15 is 0 Å². The van der Waals surface area contributed by atoms with Crippen LogP contribution in [-0.4, -0.2) is 0 Å². The lowest BCUT2D eigenvalue weighted by molar-refractivity contribution is 1.60. The van der Waals surface area contributed by atoms with Crippen molar-refractivity contribution in [2.24, 2.45) is 0 Å². The molecule has 0 aliphatic heterocycles. The SMILES string of the molecule is c1ccc2c(c1)ccc1cc(Nc3ccc4c(c3)sc3ccccc34)ccc12. The van der Waals surface area contributed by atoms with Crippen LogP contribution in [-0.2, 0) is 0 Å². The molecule has 2 heteroatoms. The summed E-state index contributed by atoms with van der Waals surface area (Å²) in [6.07, 6.45) is 0. The van der Waals surface area contributed by atoms with Crippen LogP contribution in [0.25, 0.3) is 41.7 Å². The highest BCUT2D eigenvalue weighted by Gasteiger charge is 2.06. The molecule has 28 heavy (non-hydrogen) atoms. The molecule has 0 radical (unpaired) electrons. The second-order valence-electron chi connectivity index (χ2n) is 7.16. The van der Waals surface area contributed by atoms with Gasteiger partial charge in [-0.1, -0.05) is 66.7 Å². The van der Waals surface area contributed by atoms with Gasteiger partial charge in [0, 0.05) is 31.5 Å². The van der Waals surface area contributed by atoms with Crippen LogP contribution in [0.3, 0.4) is 0 Å². The Morgan fingerprint density at radius 1 is 0.464 bits per heavy atom. The summed E-state index contributed by atoms with van der Waals surface area (Å²) in [6, 6.07) is 34.9. The first kappa shape index (κ1) is 15.7. The molecule has 0 fully saturated rings. The van der Waals surface area contributed by atoms with Gasteiger partial charge in [-0.15, -0.1) is 11.3 Å². The van der Waals surface area contributed by atoms with E-state index in [0.717, 1.165) is 11.4 Å². The summed E-state index contributed by atoms with van der Waals surface area (Å²) < 4.78 is 2.66. The molecule has 0 spiro atoms. The fourth-order valence-corrected chi connectivity index (χ4v) is 5.21. The Morgan fingerprint density at radius 2 is 1.11 bits per heavy atom. The first-order valence-electron chi connectivity index (χ1n) is 9.45. The molecular formula is C26H17NS. The van der Waals surface area contributed by atoms with Crippen molar-refractivity contribution in [1.82, 2.24) is 0 Å². The molecular weight excluding hydrogens is 358 g/mol. The smallest absolute Gasteiger partial charge is 0.0398 e. The number of thiophene rings is 1. The minimum atomic E-state index is 1.11. The summed E-state index contributed by atoms with van der Waals surface area (Å²) in [5.74, 6) is 0. The van der Waals surface area contributed by atoms with Gasteiger partial charge < -0.3 is 5.32 Å². The summed E-state index contributed by atoms with van der Waals surface area (Å²) in [5, 5.41) is 11.4. The fraction of sp³-hybridized carbons (Fsp3) is 0. The molecule has 0 aliphatic rings. The van der Waals surface area contributed by atoms with E-state index in [2.05, 4.69) is 102 Å². The predicted molar refractivity (Wildman–Crippen MR) is 124 cm³/mol. The summed E-state index contributed by atoms with van der Waals surface area (Å²) >= 11 is 1.85. The van der Waals surface area contributed by atoms with Gasteiger partial charge in [0.1, 0.15) is 0 Å². The third-order valence-corrected chi connectivity index (χ3v) is 6.55. The number of nitrogens with one attached hydrogen (secondary N) is 1. The minimum absolute atomic E-state index is 1.11. The molecule has 0 bridgehead atoms. The van der Waals surface area contributed by atoms with E-state index in [1.807, 2.05) is 11.3 Å². The van der Waals surface area contributed by atoms with Crippen molar-refractivity contribution in [2.75, 3.05) is 5.32 Å². The van der Waals surface area contributed by atoms with Crippen LogP contribution in [0.2, 0.25) is 0 Å². The van der Waals surface area contributed by atoms with Gasteiger partial charge in [0.25, 0.3) is 0 Å². The molecule has 0 amide bonds. The van der Waals surface area contributed by atoms with Gasteiger partial charge in [0.05, 0.1) is 0 Å². The Morgan fingerprint density at radius 3 is 2.04 bits per heavy atom. The molecule has 0 saturated heterocycles. The first-order chi connectivity index (χ1) is 13.8. The number of benzene rings is 5. The highest BCUT2D eigenvalue weighted by molar-refractivity contribution is 7.25. The lowest BCUT2D eigenvalue weighted by atomic mass is 10.0. The monoisotopic (exact) mass is 375 g/mol. The number of hydrogen-bond acceptors (Lipinski definition) is 2. The molecule has 1 N–H and O–H groups in total. The van der Waals surface area contributed by atoms with Crippen molar-refractivity contribution in [2.45, 2.75) is 0 Å². The highest BCUT2D eigenvalue weighted by atomic mass is 32.1. The van der Waals surface area contributed by atoms with Crippen molar-refractivity contribution in [3.8, 4) is 0 Å². The molecule has 0 unspecified atom stereocenters. The molecule has 0 aliphatic carbocycles. The van der Waals surface area contributed by atoms with Crippen LogP contribution < -0.4 is 5.32 Å². The van der Waals surface area contributed by atoms with Crippen molar-refractivity contribution < 1.29 is 0 Å². The molecule has 6 aromatic rings. The highest BCUT2D eigenvalue weighted by Crippen LogP contribution is 2.36. The summed E-state index contributed by atoms with van der Waals surface area (Å²) in [6.45, 7) is 0. The molecule has 6 rings (SSSR count). The fourth-order valence-electron chi connectivity index (χ4n) is 4.06. The van der Waals surface area contributed by atoms with E-state index in [9.17, 15) is 0 Å². The molecule has 1 heterocycles. The van der Waals surface area contributed by atoms with Crippen LogP contribution >= 0.6 is 11.3 Å². The van der Waals surface area contributed by atoms with Crippen molar-refractivity contribution in [1.29, 1.82) is 0 Å². The quantitative estimate of drug-likeness (QED) is 0.301. The summed E-state index contributed by atoms with van der Waals surface area (Å²) in [7, 11) is 0. The van der Waals surface area contributed by atoms with Crippen molar-refractivity contribution >= 4 is 64.4 Å². The lowest BCUT2D eigenvalue weighted by Gasteiger charge is -2.09. The maximum Gasteiger partial charge on any atom is 0.0398 e.